The van der Waals surface area contributed by atoms with Crippen molar-refractivity contribution in [3.63, 3.8) is 0 Å². The molecule has 0 saturated carbocycles. The summed E-state index contributed by atoms with van der Waals surface area (Å²) >= 11 is 0. The Labute approximate surface area is 273 Å². The monoisotopic (exact) mass is 695 g/mol. The number of hydrogen-bond acceptors (Lipinski definition) is 7. The Balaban J connectivity index is 1.34. The predicted octanol–water partition coefficient (Wildman–Crippen LogP) is 11.5. The average Bonchev–Trinajstić information content (AvgIpc) is 3.08. The van der Waals surface area contributed by atoms with E-state index < -0.39 is 41.0 Å². The molecule has 0 spiro atoms. The SMILES string of the molecule is CCN(CC)c1ccc(N=Nc2ccc(N=Nc3ccc(OC(=O)c4ccc(C(F)(F)C(F)(F)C(F)(F)C(F)(F)F)cc4)cc3)cc2)cc1. The van der Waals surface area contributed by atoms with Gasteiger partial charge in [0.2, 0.25) is 0 Å². The number of nitrogens with zero attached hydrogens (tertiary/aromatic N) is 5. The molecule has 0 bridgehead atoms. The molecule has 0 aliphatic carbocycles. The summed E-state index contributed by atoms with van der Waals surface area (Å²) in [5.41, 5.74) is 0.857. The standard InChI is InChI=1S/C33H26F9N5O2/c1-3-47(4-2)27-17-13-25(14-18-27)45-43-23-9-11-24(12-10-23)44-46-26-15-19-28(20-16-26)49-29(48)21-5-7-22(8-6-21)30(34,35)31(36,37)32(38,39)33(40,41)42/h5-20H,3-4H2,1-2H3. The van der Waals surface area contributed by atoms with Crippen LogP contribution in [-0.4, -0.2) is 37.1 Å². The second-order valence-electron chi connectivity index (χ2n) is 10.3. The Hall–Kier alpha value is -5.28. The molecule has 0 aliphatic rings. The van der Waals surface area contributed by atoms with Crippen molar-refractivity contribution in [2.45, 2.75) is 37.8 Å². The molecule has 0 unspecified atom stereocenters. The van der Waals surface area contributed by atoms with E-state index in [0.29, 0.717) is 34.9 Å². The van der Waals surface area contributed by atoms with Crippen LogP contribution in [0.25, 0.3) is 0 Å². The van der Waals surface area contributed by atoms with Crippen LogP contribution in [-0.2, 0) is 5.92 Å². The van der Waals surface area contributed by atoms with Gasteiger partial charge in [0.15, 0.2) is 0 Å². The number of benzene rings is 4. The number of ether oxygens (including phenoxy) is 1. The normalized spacial score (nSPS) is 12.9. The smallest absolute Gasteiger partial charge is 0.423 e. The van der Waals surface area contributed by atoms with E-state index in [4.69, 9.17) is 4.74 Å². The maximum Gasteiger partial charge on any atom is 0.460 e. The Morgan fingerprint density at radius 1 is 0.571 bits per heavy atom. The molecule has 0 saturated heterocycles. The highest BCUT2D eigenvalue weighted by Crippen LogP contribution is 2.56. The van der Waals surface area contributed by atoms with E-state index in [1.54, 1.807) is 24.3 Å². The van der Waals surface area contributed by atoms with Crippen LogP contribution in [0.4, 0.5) is 68.0 Å². The lowest BCUT2D eigenvalue weighted by atomic mass is 9.96. The van der Waals surface area contributed by atoms with E-state index in [-0.39, 0.29) is 17.9 Å². The second-order valence-corrected chi connectivity index (χ2v) is 10.3. The highest BCUT2D eigenvalue weighted by atomic mass is 19.4. The zero-order valence-corrected chi connectivity index (χ0v) is 25.6. The fourth-order valence-electron chi connectivity index (χ4n) is 4.25. The number of azo groups is 2. The summed E-state index contributed by atoms with van der Waals surface area (Å²) in [7, 11) is 0. The average molecular weight is 696 g/mol. The van der Waals surface area contributed by atoms with Gasteiger partial charge in [-0.15, -0.1) is 0 Å². The molecule has 0 aliphatic heterocycles. The quantitative estimate of drug-likeness (QED) is 0.0640. The summed E-state index contributed by atoms with van der Waals surface area (Å²) < 4.78 is 124. The van der Waals surface area contributed by atoms with Crippen LogP contribution in [0.15, 0.2) is 118 Å². The van der Waals surface area contributed by atoms with E-state index in [1.165, 1.54) is 24.3 Å². The van der Waals surface area contributed by atoms with Crippen LogP contribution in [0.1, 0.15) is 29.8 Å². The van der Waals surface area contributed by atoms with Crippen molar-refractivity contribution >= 4 is 34.4 Å². The van der Waals surface area contributed by atoms with Crippen molar-refractivity contribution < 1.29 is 49.0 Å². The molecule has 16 heteroatoms. The first-order valence-electron chi connectivity index (χ1n) is 14.4. The molecule has 0 N–H and O–H groups in total. The zero-order chi connectivity index (χ0) is 36.0. The number of anilines is 1. The van der Waals surface area contributed by atoms with Gasteiger partial charge in [-0.1, -0.05) is 12.1 Å². The first kappa shape index (κ1) is 36.6. The van der Waals surface area contributed by atoms with Crippen molar-refractivity contribution in [2.75, 3.05) is 18.0 Å². The summed E-state index contributed by atoms with van der Waals surface area (Å²) in [5.74, 6) is -21.0. The van der Waals surface area contributed by atoms with Gasteiger partial charge in [-0.3, -0.25) is 0 Å². The zero-order valence-electron chi connectivity index (χ0n) is 25.6. The molecule has 0 atom stereocenters. The molecular formula is C33H26F9N5O2. The fraction of sp³-hybridized carbons (Fsp3) is 0.242. The van der Waals surface area contributed by atoms with Gasteiger partial charge in [-0.25, -0.2) is 4.79 Å². The third-order valence-corrected chi connectivity index (χ3v) is 7.07. The molecule has 49 heavy (non-hydrogen) atoms. The number of rotatable bonds is 12. The molecule has 0 radical (unpaired) electrons. The van der Waals surface area contributed by atoms with Gasteiger partial charge in [0.05, 0.1) is 28.3 Å². The molecule has 0 fully saturated rings. The summed E-state index contributed by atoms with van der Waals surface area (Å²) in [4.78, 5) is 14.6. The molecule has 0 aromatic heterocycles. The summed E-state index contributed by atoms with van der Waals surface area (Å²) in [6.45, 7) is 5.95. The summed E-state index contributed by atoms with van der Waals surface area (Å²) in [6.07, 6.45) is -6.95. The lowest BCUT2D eigenvalue weighted by Crippen LogP contribution is -2.59. The van der Waals surface area contributed by atoms with E-state index in [0.717, 1.165) is 18.8 Å². The van der Waals surface area contributed by atoms with Crippen molar-refractivity contribution in [1.82, 2.24) is 0 Å². The molecule has 4 aromatic rings. The first-order chi connectivity index (χ1) is 23.0. The van der Waals surface area contributed by atoms with Crippen LogP contribution in [0.3, 0.4) is 0 Å². The molecule has 4 aromatic carbocycles. The van der Waals surface area contributed by atoms with Crippen LogP contribution in [0.2, 0.25) is 0 Å². The minimum absolute atomic E-state index is 0.0490. The predicted molar refractivity (Wildman–Crippen MR) is 162 cm³/mol. The highest BCUT2D eigenvalue weighted by Gasteiger charge is 2.82. The summed E-state index contributed by atoms with van der Waals surface area (Å²) in [6, 6.07) is 21.2. The van der Waals surface area contributed by atoms with Gasteiger partial charge in [0.1, 0.15) is 5.75 Å². The number of halogens is 9. The fourth-order valence-corrected chi connectivity index (χ4v) is 4.25. The van der Waals surface area contributed by atoms with E-state index in [9.17, 15) is 44.3 Å². The van der Waals surface area contributed by atoms with Crippen molar-refractivity contribution in [3.05, 3.63) is 108 Å². The number of hydrogen-bond donors (Lipinski definition) is 0. The van der Waals surface area contributed by atoms with Gasteiger partial charge in [0, 0.05) is 24.3 Å². The number of esters is 1. The first-order valence-corrected chi connectivity index (χ1v) is 14.4. The van der Waals surface area contributed by atoms with Crippen molar-refractivity contribution in [3.8, 4) is 5.75 Å². The molecule has 258 valence electrons. The Kier molecular flexibility index (Phi) is 10.8. The van der Waals surface area contributed by atoms with Gasteiger partial charge in [-0.05, 0) is 98.8 Å². The third-order valence-electron chi connectivity index (χ3n) is 7.07. The Morgan fingerprint density at radius 2 is 0.959 bits per heavy atom. The number of alkyl halides is 9. The maximum absolute atomic E-state index is 14.1. The molecule has 0 amide bonds. The van der Waals surface area contributed by atoms with Gasteiger partial charge in [-0.2, -0.15) is 60.0 Å². The highest BCUT2D eigenvalue weighted by molar-refractivity contribution is 5.91. The number of carbonyl (C=O) groups excluding carboxylic acids is 1. The van der Waals surface area contributed by atoms with Crippen LogP contribution >= 0.6 is 0 Å². The van der Waals surface area contributed by atoms with Gasteiger partial charge in [0.25, 0.3) is 0 Å². The molecule has 7 nitrogen and oxygen atoms in total. The lowest BCUT2D eigenvalue weighted by molar-refractivity contribution is -0.399. The minimum atomic E-state index is -7.04. The second kappa shape index (κ2) is 14.5. The molecule has 4 rings (SSSR count). The van der Waals surface area contributed by atoms with Crippen LogP contribution in [0, 0.1) is 0 Å². The maximum atomic E-state index is 14.1. The van der Waals surface area contributed by atoms with Gasteiger partial charge >= 0.3 is 29.9 Å². The van der Waals surface area contributed by atoms with E-state index in [2.05, 4.69) is 39.2 Å². The lowest BCUT2D eigenvalue weighted by Gasteiger charge is -2.33. The van der Waals surface area contributed by atoms with Crippen LogP contribution in [0.5, 0.6) is 5.75 Å². The van der Waals surface area contributed by atoms with E-state index >= 15 is 0 Å². The number of carbonyl (C=O) groups is 1. The largest absolute Gasteiger partial charge is 0.460 e. The topological polar surface area (TPSA) is 79.0 Å². The third kappa shape index (κ3) is 8.06. The molecule has 0 heterocycles. The molecular weight excluding hydrogens is 669 g/mol. The van der Waals surface area contributed by atoms with Crippen LogP contribution < -0.4 is 9.64 Å². The summed E-state index contributed by atoms with van der Waals surface area (Å²) in [5, 5.41) is 16.6. The van der Waals surface area contributed by atoms with Crippen molar-refractivity contribution in [1.29, 1.82) is 0 Å². The van der Waals surface area contributed by atoms with E-state index in [1.807, 2.05) is 24.3 Å². The minimum Gasteiger partial charge on any atom is -0.423 e. The Morgan fingerprint density at radius 3 is 1.35 bits per heavy atom. The van der Waals surface area contributed by atoms with Gasteiger partial charge < -0.3 is 9.64 Å². The van der Waals surface area contributed by atoms with Crippen molar-refractivity contribution in [2.24, 2.45) is 20.5 Å². The Bertz CT molecular complexity index is 1770.